The van der Waals surface area contributed by atoms with Crippen LogP contribution in [-0.2, 0) is 16.0 Å². The number of aryl methyl sites for hydroxylation is 1. The van der Waals surface area contributed by atoms with Crippen LogP contribution in [0.2, 0.25) is 5.02 Å². The number of amides is 1. The number of methoxy groups -OCH3 is 2. The van der Waals surface area contributed by atoms with Gasteiger partial charge in [-0.3, -0.25) is 9.59 Å². The van der Waals surface area contributed by atoms with Crippen LogP contribution in [0.4, 0.5) is 5.69 Å². The highest BCUT2D eigenvalue weighted by molar-refractivity contribution is 6.32. The van der Waals surface area contributed by atoms with Gasteiger partial charge in [0.25, 0.3) is 0 Å². The number of carbonyl (C=O) groups excluding carboxylic acids is 3. The summed E-state index contributed by atoms with van der Waals surface area (Å²) in [6.07, 6.45) is 0.936. The second kappa shape index (κ2) is 8.31. The molecular weight excluding hydrogens is 386 g/mol. The molecule has 2 aromatic carbocycles. The van der Waals surface area contributed by atoms with Crippen molar-refractivity contribution in [1.29, 1.82) is 0 Å². The topological polar surface area (TPSA) is 90.9 Å². The molecule has 146 valence electrons. The molecule has 0 fully saturated rings. The number of halogens is 1. The van der Waals surface area contributed by atoms with Gasteiger partial charge in [-0.25, -0.2) is 4.79 Å². The zero-order valence-electron chi connectivity index (χ0n) is 15.3. The molecule has 1 amide bonds. The average molecular weight is 404 g/mol. The minimum atomic E-state index is -0.707. The van der Waals surface area contributed by atoms with Crippen molar-refractivity contribution in [3.63, 3.8) is 0 Å². The Morgan fingerprint density at radius 3 is 2.57 bits per heavy atom. The molecule has 0 radical (unpaired) electrons. The smallest absolute Gasteiger partial charge is 0.338 e. The molecule has 3 rings (SSSR count). The van der Waals surface area contributed by atoms with E-state index in [0.717, 1.165) is 5.56 Å². The lowest BCUT2D eigenvalue weighted by molar-refractivity contribution is -0.116. The lowest BCUT2D eigenvalue weighted by Gasteiger charge is -2.17. The predicted octanol–water partition coefficient (Wildman–Crippen LogP) is 3.28. The maximum Gasteiger partial charge on any atom is 0.338 e. The molecule has 0 atom stereocenters. The molecule has 1 aliphatic rings. The number of Topliss-reactive ketones (excluding diaryl/α,β-unsaturated/α-hetero) is 1. The number of anilines is 1. The Hall–Kier alpha value is -3.06. The summed E-state index contributed by atoms with van der Waals surface area (Å²) in [6, 6.07) is 7.79. The van der Waals surface area contributed by atoms with Gasteiger partial charge in [0.2, 0.25) is 5.91 Å². The number of benzene rings is 2. The van der Waals surface area contributed by atoms with Crippen molar-refractivity contribution in [2.75, 3.05) is 26.1 Å². The zero-order valence-corrected chi connectivity index (χ0v) is 16.1. The van der Waals surface area contributed by atoms with E-state index in [0.29, 0.717) is 29.8 Å². The first-order valence-corrected chi connectivity index (χ1v) is 8.85. The lowest BCUT2D eigenvalue weighted by atomic mass is 9.99. The molecule has 0 spiro atoms. The molecule has 7 nitrogen and oxygen atoms in total. The molecule has 0 bridgehead atoms. The van der Waals surface area contributed by atoms with Crippen molar-refractivity contribution in [3.8, 4) is 11.5 Å². The Balaban J connectivity index is 1.69. The number of ketones is 1. The number of hydrogen-bond acceptors (Lipinski definition) is 6. The van der Waals surface area contributed by atoms with E-state index < -0.39 is 12.6 Å². The third-order valence-electron chi connectivity index (χ3n) is 4.33. The van der Waals surface area contributed by atoms with Crippen LogP contribution in [0.15, 0.2) is 30.3 Å². The minimum absolute atomic E-state index is 0.0471. The summed E-state index contributed by atoms with van der Waals surface area (Å²) in [7, 11) is 2.86. The van der Waals surface area contributed by atoms with E-state index in [-0.39, 0.29) is 28.0 Å². The second-order valence-corrected chi connectivity index (χ2v) is 6.52. The first kappa shape index (κ1) is 19.7. The molecular formula is C20H18ClNO6. The standard InChI is InChI=1S/C20H18ClNO6/c1-26-17-9-13(8-14(21)19(17)27-2)20(25)28-10-16(23)12-3-5-15-11(7-12)4-6-18(24)22-15/h3,5,7-9H,4,6,10H2,1-2H3,(H,22,24). The SMILES string of the molecule is COc1cc(C(=O)OCC(=O)c2ccc3c(c2)CCC(=O)N3)cc(Cl)c1OC. The van der Waals surface area contributed by atoms with Gasteiger partial charge in [-0.2, -0.15) is 0 Å². The lowest BCUT2D eigenvalue weighted by Crippen LogP contribution is -2.20. The third kappa shape index (κ3) is 4.09. The second-order valence-electron chi connectivity index (χ2n) is 6.11. The van der Waals surface area contributed by atoms with E-state index in [1.54, 1.807) is 18.2 Å². The summed E-state index contributed by atoms with van der Waals surface area (Å²) in [5, 5.41) is 2.94. The summed E-state index contributed by atoms with van der Waals surface area (Å²) < 4.78 is 15.4. The highest BCUT2D eigenvalue weighted by Gasteiger charge is 2.19. The Kier molecular flexibility index (Phi) is 5.84. The van der Waals surface area contributed by atoms with Crippen molar-refractivity contribution in [2.24, 2.45) is 0 Å². The number of rotatable bonds is 6. The normalized spacial score (nSPS) is 12.6. The number of nitrogens with one attached hydrogen (secondary N) is 1. The predicted molar refractivity (Wildman–Crippen MR) is 103 cm³/mol. The summed E-state index contributed by atoms with van der Waals surface area (Å²) in [5.41, 5.74) is 2.13. The number of hydrogen-bond donors (Lipinski definition) is 1. The molecule has 1 aliphatic heterocycles. The van der Waals surface area contributed by atoms with Crippen LogP contribution in [-0.4, -0.2) is 38.5 Å². The first-order valence-electron chi connectivity index (χ1n) is 8.47. The fraction of sp³-hybridized carbons (Fsp3) is 0.250. The van der Waals surface area contributed by atoms with Crippen LogP contribution in [0, 0.1) is 0 Å². The van der Waals surface area contributed by atoms with Gasteiger partial charge in [0, 0.05) is 17.7 Å². The molecule has 8 heteroatoms. The van der Waals surface area contributed by atoms with Crippen molar-refractivity contribution >= 4 is 34.9 Å². The van der Waals surface area contributed by atoms with E-state index in [2.05, 4.69) is 5.32 Å². The number of esters is 1. The zero-order chi connectivity index (χ0) is 20.3. The van der Waals surface area contributed by atoms with E-state index in [1.165, 1.54) is 26.4 Å². The molecule has 0 saturated carbocycles. The fourth-order valence-electron chi connectivity index (χ4n) is 2.89. The highest BCUT2D eigenvalue weighted by atomic mass is 35.5. The van der Waals surface area contributed by atoms with Gasteiger partial charge in [-0.1, -0.05) is 11.6 Å². The van der Waals surface area contributed by atoms with E-state index in [9.17, 15) is 14.4 Å². The van der Waals surface area contributed by atoms with Crippen molar-refractivity contribution < 1.29 is 28.6 Å². The molecule has 1 heterocycles. The Bertz CT molecular complexity index is 956. The Morgan fingerprint density at radius 2 is 1.86 bits per heavy atom. The Morgan fingerprint density at radius 1 is 1.07 bits per heavy atom. The summed E-state index contributed by atoms with van der Waals surface area (Å²) in [4.78, 5) is 36.1. The van der Waals surface area contributed by atoms with E-state index in [1.807, 2.05) is 0 Å². The summed E-state index contributed by atoms with van der Waals surface area (Å²) >= 11 is 6.08. The van der Waals surface area contributed by atoms with E-state index in [4.69, 9.17) is 25.8 Å². The Labute approximate surface area is 166 Å². The summed E-state index contributed by atoms with van der Waals surface area (Å²) in [5.74, 6) is -0.516. The van der Waals surface area contributed by atoms with Gasteiger partial charge >= 0.3 is 5.97 Å². The number of ether oxygens (including phenoxy) is 3. The van der Waals surface area contributed by atoms with Crippen LogP contribution in [0.25, 0.3) is 0 Å². The van der Waals surface area contributed by atoms with Crippen LogP contribution < -0.4 is 14.8 Å². The molecule has 0 aliphatic carbocycles. The monoisotopic (exact) mass is 403 g/mol. The van der Waals surface area contributed by atoms with Gasteiger partial charge < -0.3 is 19.5 Å². The maximum atomic E-state index is 12.4. The number of carbonyl (C=O) groups is 3. The van der Waals surface area contributed by atoms with Crippen LogP contribution in [0.1, 0.15) is 32.7 Å². The van der Waals surface area contributed by atoms with Gasteiger partial charge in [-0.15, -0.1) is 0 Å². The van der Waals surface area contributed by atoms with E-state index >= 15 is 0 Å². The average Bonchev–Trinajstić information content (AvgIpc) is 2.70. The molecule has 0 aromatic heterocycles. The van der Waals surface area contributed by atoms with Crippen LogP contribution >= 0.6 is 11.6 Å². The largest absolute Gasteiger partial charge is 0.493 e. The molecule has 1 N–H and O–H groups in total. The minimum Gasteiger partial charge on any atom is -0.493 e. The van der Waals surface area contributed by atoms with Crippen LogP contribution in [0.3, 0.4) is 0 Å². The number of fused-ring (bicyclic) bond motifs is 1. The maximum absolute atomic E-state index is 12.4. The third-order valence-corrected chi connectivity index (χ3v) is 4.61. The van der Waals surface area contributed by atoms with Gasteiger partial charge in [0.15, 0.2) is 23.9 Å². The molecule has 2 aromatic rings. The highest BCUT2D eigenvalue weighted by Crippen LogP contribution is 2.36. The van der Waals surface area contributed by atoms with Gasteiger partial charge in [0.1, 0.15) is 0 Å². The fourth-order valence-corrected chi connectivity index (χ4v) is 3.18. The van der Waals surface area contributed by atoms with Crippen molar-refractivity contribution in [1.82, 2.24) is 0 Å². The molecule has 28 heavy (non-hydrogen) atoms. The van der Waals surface area contributed by atoms with Crippen molar-refractivity contribution in [3.05, 3.63) is 52.0 Å². The van der Waals surface area contributed by atoms with Gasteiger partial charge in [-0.05, 0) is 42.3 Å². The summed E-state index contributed by atoms with van der Waals surface area (Å²) in [6.45, 7) is -0.421. The first-order chi connectivity index (χ1) is 13.4. The quantitative estimate of drug-likeness (QED) is 0.588. The van der Waals surface area contributed by atoms with Crippen LogP contribution in [0.5, 0.6) is 11.5 Å². The van der Waals surface area contributed by atoms with Crippen molar-refractivity contribution in [2.45, 2.75) is 12.8 Å². The van der Waals surface area contributed by atoms with Gasteiger partial charge in [0.05, 0.1) is 24.8 Å². The molecule has 0 saturated heterocycles. The molecule has 0 unspecified atom stereocenters.